The van der Waals surface area contributed by atoms with Crippen LogP contribution in [0.2, 0.25) is 5.28 Å². The molecule has 2 heterocycles. The third kappa shape index (κ3) is 2.27. The summed E-state index contributed by atoms with van der Waals surface area (Å²) in [6.07, 6.45) is 0. The monoisotopic (exact) mass is 396 g/mol. The first kappa shape index (κ1) is 16.0. The molecule has 0 saturated carbocycles. The van der Waals surface area contributed by atoms with E-state index < -0.39 is 0 Å². The van der Waals surface area contributed by atoms with Crippen LogP contribution in [0.1, 0.15) is 0 Å². The maximum absolute atomic E-state index is 6.40. The molecule has 0 radical (unpaired) electrons. The summed E-state index contributed by atoms with van der Waals surface area (Å²) < 4.78 is 2.53. The number of nitrogens with zero attached hydrogens (tertiary/aromatic N) is 2. The van der Waals surface area contributed by atoms with Crippen LogP contribution in [0, 0.1) is 0 Å². The van der Waals surface area contributed by atoms with E-state index in [1.54, 1.807) is 11.3 Å². The average Bonchev–Trinajstić information content (AvgIpc) is 3.12. The molecule has 0 aliphatic rings. The van der Waals surface area contributed by atoms with Gasteiger partial charge in [0.15, 0.2) is 0 Å². The van der Waals surface area contributed by atoms with Crippen molar-refractivity contribution in [3.63, 3.8) is 0 Å². The normalized spacial score (nSPS) is 11.8. The van der Waals surface area contributed by atoms with Gasteiger partial charge < -0.3 is 0 Å². The smallest absolute Gasteiger partial charge is 0.217 e. The molecular weight excluding hydrogens is 384 g/mol. The maximum Gasteiger partial charge on any atom is 0.223 e. The van der Waals surface area contributed by atoms with Crippen molar-refractivity contribution in [1.29, 1.82) is 0 Å². The van der Waals surface area contributed by atoms with Gasteiger partial charge in [-0.1, -0.05) is 60.7 Å². The van der Waals surface area contributed by atoms with Gasteiger partial charge in [0.1, 0.15) is 0 Å². The second kappa shape index (κ2) is 5.99. The molecule has 0 atom stereocenters. The number of halogens is 1. The molecule has 4 heteroatoms. The summed E-state index contributed by atoms with van der Waals surface area (Å²) in [5, 5.41) is 6.01. The number of aromatic nitrogens is 2. The van der Waals surface area contributed by atoms with E-state index in [1.807, 2.05) is 12.1 Å². The number of benzene rings is 4. The molecule has 2 aromatic heterocycles. The van der Waals surface area contributed by atoms with E-state index in [1.165, 1.54) is 20.2 Å². The molecule has 0 aliphatic carbocycles. The van der Waals surface area contributed by atoms with Crippen LogP contribution in [0.5, 0.6) is 0 Å². The molecule has 0 N–H and O–H groups in total. The van der Waals surface area contributed by atoms with Crippen LogP contribution in [0.25, 0.3) is 53.1 Å². The SMILES string of the molecule is Clc1nc(-c2cccc3sc4ccccc4c23)c2ccc3ccccc3c2n1. The number of rotatable bonds is 1. The molecule has 6 rings (SSSR count). The van der Waals surface area contributed by atoms with Gasteiger partial charge in [-0.25, -0.2) is 9.97 Å². The molecule has 0 aliphatic heterocycles. The van der Waals surface area contributed by atoms with Crippen molar-refractivity contribution in [2.45, 2.75) is 0 Å². The topological polar surface area (TPSA) is 25.8 Å². The van der Waals surface area contributed by atoms with E-state index in [9.17, 15) is 0 Å². The quantitative estimate of drug-likeness (QED) is 0.213. The molecular formula is C24H13ClN2S. The van der Waals surface area contributed by atoms with Crippen LogP contribution in [-0.2, 0) is 0 Å². The Balaban J connectivity index is 1.80. The zero-order valence-electron chi connectivity index (χ0n) is 14.7. The molecule has 4 aromatic carbocycles. The highest BCUT2D eigenvalue weighted by Gasteiger charge is 2.16. The fourth-order valence-electron chi connectivity index (χ4n) is 4.01. The van der Waals surface area contributed by atoms with Crippen LogP contribution in [-0.4, -0.2) is 9.97 Å². The van der Waals surface area contributed by atoms with Gasteiger partial charge >= 0.3 is 0 Å². The number of fused-ring (bicyclic) bond motifs is 6. The first-order valence-corrected chi connectivity index (χ1v) is 10.2. The molecule has 0 amide bonds. The lowest BCUT2D eigenvalue weighted by atomic mass is 9.98. The van der Waals surface area contributed by atoms with E-state index in [4.69, 9.17) is 11.6 Å². The van der Waals surface area contributed by atoms with Crippen LogP contribution in [0.3, 0.4) is 0 Å². The number of thiophene rings is 1. The van der Waals surface area contributed by atoms with Crippen molar-refractivity contribution in [3.8, 4) is 11.3 Å². The van der Waals surface area contributed by atoms with Crippen LogP contribution < -0.4 is 0 Å². The van der Waals surface area contributed by atoms with E-state index in [2.05, 4.69) is 76.7 Å². The van der Waals surface area contributed by atoms with Crippen LogP contribution in [0.4, 0.5) is 0 Å². The lowest BCUT2D eigenvalue weighted by molar-refractivity contribution is 1.23. The number of hydrogen-bond acceptors (Lipinski definition) is 3. The Bertz CT molecular complexity index is 1530. The third-order valence-electron chi connectivity index (χ3n) is 5.22. The molecule has 0 fully saturated rings. The van der Waals surface area contributed by atoms with Gasteiger partial charge in [0, 0.05) is 36.5 Å². The Morgan fingerprint density at radius 2 is 1.43 bits per heavy atom. The predicted octanol–water partition coefficient (Wildman–Crippen LogP) is 7.47. The van der Waals surface area contributed by atoms with E-state index in [0.717, 1.165) is 32.9 Å². The van der Waals surface area contributed by atoms with Gasteiger partial charge in [0.05, 0.1) is 11.2 Å². The molecule has 0 bridgehead atoms. The summed E-state index contributed by atoms with van der Waals surface area (Å²) in [4.78, 5) is 9.25. The van der Waals surface area contributed by atoms with Crippen molar-refractivity contribution in [1.82, 2.24) is 9.97 Å². The van der Waals surface area contributed by atoms with Gasteiger partial charge in [0.2, 0.25) is 5.28 Å². The summed E-state index contributed by atoms with van der Waals surface area (Å²) in [7, 11) is 0. The minimum absolute atomic E-state index is 0.274. The van der Waals surface area contributed by atoms with Gasteiger partial charge in [-0.05, 0) is 35.2 Å². The molecule has 0 unspecified atom stereocenters. The fraction of sp³-hybridized carbons (Fsp3) is 0. The summed E-state index contributed by atoms with van der Waals surface area (Å²) in [6.45, 7) is 0. The molecule has 0 saturated heterocycles. The Labute approximate surface area is 170 Å². The Hall–Kier alpha value is -3.01. The number of hydrogen-bond donors (Lipinski definition) is 0. The zero-order chi connectivity index (χ0) is 18.7. The van der Waals surface area contributed by atoms with Gasteiger partial charge in [-0.15, -0.1) is 11.3 Å². The van der Waals surface area contributed by atoms with Crippen LogP contribution in [0.15, 0.2) is 78.9 Å². The predicted molar refractivity (Wildman–Crippen MR) is 120 cm³/mol. The van der Waals surface area contributed by atoms with Crippen molar-refractivity contribution in [3.05, 3.63) is 84.1 Å². The highest BCUT2D eigenvalue weighted by Crippen LogP contribution is 2.41. The average molecular weight is 397 g/mol. The first-order valence-electron chi connectivity index (χ1n) is 9.05. The Morgan fingerprint density at radius 1 is 0.643 bits per heavy atom. The summed E-state index contributed by atoms with van der Waals surface area (Å²) in [6, 6.07) is 27.4. The molecule has 6 aromatic rings. The van der Waals surface area contributed by atoms with Crippen molar-refractivity contribution < 1.29 is 0 Å². The maximum atomic E-state index is 6.40. The van der Waals surface area contributed by atoms with Gasteiger partial charge in [0.25, 0.3) is 0 Å². The Kier molecular flexibility index (Phi) is 3.42. The van der Waals surface area contributed by atoms with Crippen molar-refractivity contribution in [2.75, 3.05) is 0 Å². The summed E-state index contributed by atoms with van der Waals surface area (Å²) in [5.41, 5.74) is 2.87. The minimum atomic E-state index is 0.274. The highest BCUT2D eigenvalue weighted by atomic mass is 35.5. The first-order chi connectivity index (χ1) is 13.8. The minimum Gasteiger partial charge on any atom is -0.217 e. The fourth-order valence-corrected chi connectivity index (χ4v) is 5.31. The van der Waals surface area contributed by atoms with Gasteiger partial charge in [-0.2, -0.15) is 0 Å². The highest BCUT2D eigenvalue weighted by molar-refractivity contribution is 7.25. The Morgan fingerprint density at radius 3 is 2.36 bits per heavy atom. The van der Waals surface area contributed by atoms with E-state index in [0.29, 0.717) is 0 Å². The molecule has 28 heavy (non-hydrogen) atoms. The van der Waals surface area contributed by atoms with E-state index >= 15 is 0 Å². The largest absolute Gasteiger partial charge is 0.223 e. The molecule has 0 spiro atoms. The standard InChI is InChI=1S/C24H13ClN2S/c25-24-26-22-15-7-2-1-6-14(15)12-13-18(22)23(27-24)17-9-5-11-20-21(17)16-8-3-4-10-19(16)28-20/h1-13H. The lowest BCUT2D eigenvalue weighted by Crippen LogP contribution is -1.93. The second-order valence-electron chi connectivity index (χ2n) is 6.80. The summed E-state index contributed by atoms with van der Waals surface area (Å²) in [5.74, 6) is 0. The van der Waals surface area contributed by atoms with Crippen LogP contribution >= 0.6 is 22.9 Å². The van der Waals surface area contributed by atoms with Gasteiger partial charge in [-0.3, -0.25) is 0 Å². The third-order valence-corrected chi connectivity index (χ3v) is 6.53. The summed E-state index contributed by atoms with van der Waals surface area (Å²) >= 11 is 8.20. The lowest BCUT2D eigenvalue weighted by Gasteiger charge is -2.10. The van der Waals surface area contributed by atoms with E-state index in [-0.39, 0.29) is 5.28 Å². The molecule has 2 nitrogen and oxygen atoms in total. The molecule has 132 valence electrons. The zero-order valence-corrected chi connectivity index (χ0v) is 16.3. The van der Waals surface area contributed by atoms with Crippen molar-refractivity contribution in [2.24, 2.45) is 0 Å². The second-order valence-corrected chi connectivity index (χ2v) is 8.22. The van der Waals surface area contributed by atoms with Crippen molar-refractivity contribution >= 4 is 64.8 Å².